The van der Waals surface area contributed by atoms with Gasteiger partial charge in [-0.3, -0.25) is 19.0 Å². The third kappa shape index (κ3) is 4.38. The number of aromatic nitrogens is 4. The lowest BCUT2D eigenvalue weighted by atomic mass is 10.0. The molecule has 5 rings (SSSR count). The highest BCUT2D eigenvalue weighted by Crippen LogP contribution is 2.26. The Morgan fingerprint density at radius 1 is 0.944 bits per heavy atom. The van der Waals surface area contributed by atoms with Crippen LogP contribution in [0, 0.1) is 0 Å². The Bertz CT molecular complexity index is 1250. The molecule has 0 aliphatic carbocycles. The lowest BCUT2D eigenvalue weighted by molar-refractivity contribution is 0.0702. The first-order valence-electron chi connectivity index (χ1n) is 12.9. The molecule has 0 radical (unpaired) electrons. The Balaban J connectivity index is 1.34. The van der Waals surface area contributed by atoms with Gasteiger partial charge in [-0.2, -0.15) is 10.2 Å². The van der Waals surface area contributed by atoms with Crippen LogP contribution in [0.3, 0.4) is 0 Å². The summed E-state index contributed by atoms with van der Waals surface area (Å²) in [4.78, 5) is 33.1. The second-order valence-corrected chi connectivity index (χ2v) is 9.91. The third-order valence-electron chi connectivity index (χ3n) is 7.32. The van der Waals surface area contributed by atoms with E-state index in [4.69, 9.17) is 5.10 Å². The normalized spacial score (nSPS) is 16.0. The van der Waals surface area contributed by atoms with Crippen molar-refractivity contribution < 1.29 is 9.59 Å². The van der Waals surface area contributed by atoms with Crippen molar-refractivity contribution in [3.8, 4) is 0 Å². The highest BCUT2D eigenvalue weighted by molar-refractivity contribution is 5.96. The van der Waals surface area contributed by atoms with Gasteiger partial charge in [0.2, 0.25) is 0 Å². The van der Waals surface area contributed by atoms with Crippen molar-refractivity contribution >= 4 is 17.5 Å². The summed E-state index contributed by atoms with van der Waals surface area (Å²) in [6, 6.07) is 12.2. The largest absolute Gasteiger partial charge is 0.368 e. The fourth-order valence-corrected chi connectivity index (χ4v) is 5.19. The molecule has 0 atom stereocenters. The van der Waals surface area contributed by atoms with Crippen LogP contribution in [-0.2, 0) is 26.6 Å². The maximum atomic E-state index is 13.6. The lowest BCUT2D eigenvalue weighted by Crippen LogP contribution is -2.49. The molecule has 1 fully saturated rings. The van der Waals surface area contributed by atoms with E-state index in [1.54, 1.807) is 4.68 Å². The smallest absolute Gasteiger partial charge is 0.274 e. The number of carbonyl (C=O) groups excluding carboxylic acids is 2. The molecule has 4 heterocycles. The van der Waals surface area contributed by atoms with Crippen LogP contribution in [-0.4, -0.2) is 73.9 Å². The van der Waals surface area contributed by atoms with Gasteiger partial charge in [-0.05, 0) is 31.0 Å². The van der Waals surface area contributed by atoms with Gasteiger partial charge in [-0.1, -0.05) is 32.0 Å². The fraction of sp³-hybridized carbons (Fsp3) is 0.481. The molecule has 2 amide bonds. The van der Waals surface area contributed by atoms with Crippen molar-refractivity contribution in [2.75, 3.05) is 37.6 Å². The van der Waals surface area contributed by atoms with Crippen LogP contribution in [0.5, 0.6) is 0 Å². The lowest BCUT2D eigenvalue weighted by Gasteiger charge is -2.36. The summed E-state index contributed by atoms with van der Waals surface area (Å²) in [7, 11) is 1.81. The van der Waals surface area contributed by atoms with Crippen molar-refractivity contribution in [3.63, 3.8) is 0 Å². The van der Waals surface area contributed by atoms with Crippen LogP contribution in [0.15, 0.2) is 36.4 Å². The van der Waals surface area contributed by atoms with Crippen LogP contribution < -0.4 is 4.90 Å². The van der Waals surface area contributed by atoms with Gasteiger partial charge in [0.05, 0.1) is 12.2 Å². The molecule has 9 heteroatoms. The minimum atomic E-state index is -0.0540. The molecule has 0 N–H and O–H groups in total. The maximum absolute atomic E-state index is 13.6. The Morgan fingerprint density at radius 2 is 1.67 bits per heavy atom. The first-order chi connectivity index (χ1) is 17.4. The average molecular weight is 490 g/mol. The first kappa shape index (κ1) is 24.1. The molecule has 2 aliphatic rings. The van der Waals surface area contributed by atoms with Crippen LogP contribution >= 0.6 is 0 Å². The topological polar surface area (TPSA) is 79.5 Å². The predicted molar refractivity (Wildman–Crippen MR) is 138 cm³/mol. The summed E-state index contributed by atoms with van der Waals surface area (Å²) in [6.45, 7) is 10.7. The van der Waals surface area contributed by atoms with Gasteiger partial charge in [0.15, 0.2) is 5.69 Å². The molecule has 36 heavy (non-hydrogen) atoms. The molecule has 190 valence electrons. The van der Waals surface area contributed by atoms with E-state index in [0.717, 1.165) is 30.0 Å². The standard InChI is InChI=1S/C27H35N7O2/c1-5-34-23-11-12-33(26(35)24-17-22(19(2)3)28-30(24)4)18-21(23)25(29-34)27(36)32-15-13-31(14-16-32)20-9-7-6-8-10-20/h6-10,17,19H,5,11-16,18H2,1-4H3. The zero-order valence-corrected chi connectivity index (χ0v) is 21.6. The van der Waals surface area contributed by atoms with Gasteiger partial charge in [0, 0.05) is 69.7 Å². The number of aryl methyl sites for hydroxylation is 2. The van der Waals surface area contributed by atoms with Crippen LogP contribution in [0.1, 0.15) is 64.6 Å². The summed E-state index contributed by atoms with van der Waals surface area (Å²) < 4.78 is 3.60. The van der Waals surface area contributed by atoms with Crippen molar-refractivity contribution in [2.24, 2.45) is 7.05 Å². The summed E-state index contributed by atoms with van der Waals surface area (Å²) in [5.41, 5.74) is 5.12. The van der Waals surface area contributed by atoms with Crippen LogP contribution in [0.25, 0.3) is 0 Å². The van der Waals surface area contributed by atoms with Gasteiger partial charge in [-0.15, -0.1) is 0 Å². The molecule has 0 saturated carbocycles. The number of piperazine rings is 1. The number of nitrogens with zero attached hydrogens (tertiary/aromatic N) is 7. The Hall–Kier alpha value is -3.62. The SMILES string of the molecule is CCn1nc(C(=O)N2CCN(c3ccccc3)CC2)c2c1CCN(C(=O)c1cc(C(C)C)nn1C)C2. The van der Waals surface area contributed by atoms with E-state index in [1.807, 2.05) is 52.7 Å². The van der Waals surface area contributed by atoms with Crippen molar-refractivity contribution in [1.29, 1.82) is 0 Å². The monoisotopic (exact) mass is 489 g/mol. The number of anilines is 1. The maximum Gasteiger partial charge on any atom is 0.274 e. The molecule has 3 aromatic rings. The minimum Gasteiger partial charge on any atom is -0.368 e. The highest BCUT2D eigenvalue weighted by Gasteiger charge is 2.33. The number of benzene rings is 1. The molecule has 0 unspecified atom stereocenters. The van der Waals surface area contributed by atoms with Gasteiger partial charge in [0.25, 0.3) is 11.8 Å². The van der Waals surface area contributed by atoms with E-state index in [-0.39, 0.29) is 17.7 Å². The van der Waals surface area contributed by atoms with Crippen LogP contribution in [0.4, 0.5) is 5.69 Å². The summed E-state index contributed by atoms with van der Waals surface area (Å²) >= 11 is 0. The highest BCUT2D eigenvalue weighted by atomic mass is 16.2. The van der Waals surface area contributed by atoms with E-state index < -0.39 is 0 Å². The molecule has 2 aromatic heterocycles. The molecular formula is C27H35N7O2. The summed E-state index contributed by atoms with van der Waals surface area (Å²) in [5, 5.41) is 9.24. The second-order valence-electron chi connectivity index (χ2n) is 9.91. The number of carbonyl (C=O) groups is 2. The molecule has 0 spiro atoms. The number of fused-ring (bicyclic) bond motifs is 1. The number of hydrogen-bond donors (Lipinski definition) is 0. The summed E-state index contributed by atoms with van der Waals surface area (Å²) in [6.07, 6.45) is 0.686. The van der Waals surface area contributed by atoms with Gasteiger partial charge >= 0.3 is 0 Å². The van der Waals surface area contributed by atoms with E-state index in [1.165, 1.54) is 5.69 Å². The van der Waals surface area contributed by atoms with Gasteiger partial charge in [0.1, 0.15) is 5.69 Å². The zero-order valence-electron chi connectivity index (χ0n) is 21.6. The Labute approximate surface area is 212 Å². The van der Waals surface area contributed by atoms with E-state index in [9.17, 15) is 9.59 Å². The van der Waals surface area contributed by atoms with Gasteiger partial charge in [-0.25, -0.2) is 0 Å². The molecule has 0 bridgehead atoms. The quantitative estimate of drug-likeness (QED) is 0.551. The summed E-state index contributed by atoms with van der Waals surface area (Å²) in [5.74, 6) is 0.157. The number of rotatable bonds is 5. The second kappa shape index (κ2) is 9.79. The average Bonchev–Trinajstić information content (AvgIpc) is 3.48. The Kier molecular flexibility index (Phi) is 6.55. The third-order valence-corrected chi connectivity index (χ3v) is 7.32. The van der Waals surface area contributed by atoms with Crippen molar-refractivity contribution in [2.45, 2.75) is 46.2 Å². The van der Waals surface area contributed by atoms with Crippen molar-refractivity contribution in [3.05, 3.63) is 64.7 Å². The van der Waals surface area contributed by atoms with Crippen LogP contribution in [0.2, 0.25) is 0 Å². The Morgan fingerprint density at radius 3 is 2.31 bits per heavy atom. The molecule has 1 saturated heterocycles. The predicted octanol–water partition coefficient (Wildman–Crippen LogP) is 2.92. The molecule has 2 aliphatic heterocycles. The molecule has 1 aromatic carbocycles. The number of amides is 2. The van der Waals surface area contributed by atoms with Gasteiger partial charge < -0.3 is 14.7 Å². The van der Waals surface area contributed by atoms with E-state index >= 15 is 0 Å². The molecule has 9 nitrogen and oxygen atoms in total. The van der Waals surface area contributed by atoms with E-state index in [2.05, 4.69) is 36.0 Å². The minimum absolute atomic E-state index is 0.0388. The van der Waals surface area contributed by atoms with Crippen molar-refractivity contribution in [1.82, 2.24) is 29.4 Å². The fourth-order valence-electron chi connectivity index (χ4n) is 5.19. The number of para-hydroxylation sites is 1. The first-order valence-corrected chi connectivity index (χ1v) is 12.9. The molecular weight excluding hydrogens is 454 g/mol. The number of hydrogen-bond acceptors (Lipinski definition) is 5. The van der Waals surface area contributed by atoms with E-state index in [0.29, 0.717) is 50.5 Å². The zero-order chi connectivity index (χ0) is 25.4.